The molecule has 0 aromatic heterocycles. The summed E-state index contributed by atoms with van der Waals surface area (Å²) in [5.41, 5.74) is 1.61. The van der Waals surface area contributed by atoms with Crippen LogP contribution in [0.2, 0.25) is 10.0 Å². The number of halogens is 2. The first-order valence-electron chi connectivity index (χ1n) is 11.1. The maximum Gasteiger partial charge on any atom is 0.327 e. The molecule has 0 radical (unpaired) electrons. The fraction of sp³-hybridized carbons (Fsp3) is 0.111. The van der Waals surface area contributed by atoms with E-state index < -0.39 is 17.9 Å². The van der Waals surface area contributed by atoms with E-state index >= 15 is 0 Å². The summed E-state index contributed by atoms with van der Waals surface area (Å²) in [7, 11) is 0. The number of ether oxygens (including phenoxy) is 1. The van der Waals surface area contributed by atoms with Gasteiger partial charge < -0.3 is 14.9 Å². The lowest BCUT2D eigenvalue weighted by molar-refractivity contribution is -0.145. The van der Waals surface area contributed by atoms with Gasteiger partial charge in [0.25, 0.3) is 5.91 Å². The number of thioether (sulfide) groups is 1. The Labute approximate surface area is 237 Å². The lowest BCUT2D eigenvalue weighted by Crippen LogP contribution is -2.45. The zero-order valence-corrected chi connectivity index (χ0v) is 22.6. The van der Waals surface area contributed by atoms with Crippen molar-refractivity contribution in [1.29, 1.82) is 0 Å². The van der Waals surface area contributed by atoms with Crippen LogP contribution in [0.1, 0.15) is 21.5 Å². The lowest BCUT2D eigenvalue weighted by atomic mass is 10.0. The second-order valence-corrected chi connectivity index (χ2v) is 10.7. The number of aromatic hydroxyl groups is 1. The molecule has 0 unspecified atom stereocenters. The van der Waals surface area contributed by atoms with E-state index in [2.05, 4.69) is 0 Å². The predicted molar refractivity (Wildman–Crippen MR) is 151 cm³/mol. The number of carboxylic acids is 1. The van der Waals surface area contributed by atoms with Gasteiger partial charge in [0.05, 0.1) is 9.93 Å². The highest BCUT2D eigenvalue weighted by Crippen LogP contribution is 2.35. The summed E-state index contributed by atoms with van der Waals surface area (Å²) in [4.78, 5) is 38.9. The van der Waals surface area contributed by atoms with Crippen LogP contribution in [0.5, 0.6) is 11.5 Å². The fourth-order valence-electron chi connectivity index (χ4n) is 3.65. The van der Waals surface area contributed by atoms with Gasteiger partial charge in [0, 0.05) is 17.0 Å². The van der Waals surface area contributed by atoms with E-state index in [-0.39, 0.29) is 38.8 Å². The Morgan fingerprint density at radius 1 is 1.05 bits per heavy atom. The van der Waals surface area contributed by atoms with Crippen LogP contribution in [0.15, 0.2) is 71.6 Å². The van der Waals surface area contributed by atoms with Crippen molar-refractivity contribution >= 4 is 75.2 Å². The monoisotopic (exact) mass is 587 g/mol. The molecule has 3 aromatic rings. The minimum absolute atomic E-state index is 0.0291. The van der Waals surface area contributed by atoms with Gasteiger partial charge in [-0.25, -0.2) is 4.79 Å². The Hall–Kier alpha value is -3.37. The van der Waals surface area contributed by atoms with Crippen molar-refractivity contribution in [1.82, 2.24) is 4.90 Å². The SMILES string of the molecule is O=C(COc1ccc(/C=C2\SC(=S)N([C@@H](Cc3ccc(O)cc3)C(=O)O)C2=O)cc1)c1ccc(Cl)cc1Cl. The highest BCUT2D eigenvalue weighted by molar-refractivity contribution is 8.26. The third kappa shape index (κ3) is 6.54. The van der Waals surface area contributed by atoms with Gasteiger partial charge in [-0.3, -0.25) is 14.5 Å². The second kappa shape index (κ2) is 12.0. The van der Waals surface area contributed by atoms with E-state index in [1.165, 1.54) is 24.3 Å². The van der Waals surface area contributed by atoms with E-state index in [9.17, 15) is 24.6 Å². The molecule has 2 N–H and O–H groups in total. The second-order valence-electron chi connectivity index (χ2n) is 8.18. The fourth-order valence-corrected chi connectivity index (χ4v) is 5.52. The highest BCUT2D eigenvalue weighted by Gasteiger charge is 2.40. The van der Waals surface area contributed by atoms with Gasteiger partial charge >= 0.3 is 5.97 Å². The molecule has 1 fully saturated rings. The van der Waals surface area contributed by atoms with E-state index in [1.54, 1.807) is 48.5 Å². The maximum atomic E-state index is 13.1. The average Bonchev–Trinajstić information content (AvgIpc) is 3.15. The Kier molecular flexibility index (Phi) is 8.73. The minimum atomic E-state index is -1.19. The lowest BCUT2D eigenvalue weighted by Gasteiger charge is -2.23. The molecule has 1 heterocycles. The Bertz CT molecular complexity index is 1440. The molecule has 0 saturated carbocycles. The summed E-state index contributed by atoms with van der Waals surface area (Å²) in [6.45, 7) is -0.225. The van der Waals surface area contributed by atoms with Gasteiger partial charge in [-0.2, -0.15) is 0 Å². The van der Waals surface area contributed by atoms with Crippen LogP contribution in [-0.2, 0) is 16.0 Å². The van der Waals surface area contributed by atoms with Crippen molar-refractivity contribution < 1.29 is 29.3 Å². The molecular formula is C27H19Cl2NO6S2. The van der Waals surface area contributed by atoms with Gasteiger partial charge in [0.1, 0.15) is 21.9 Å². The first-order chi connectivity index (χ1) is 18.1. The number of ketones is 1. The molecule has 38 heavy (non-hydrogen) atoms. The van der Waals surface area contributed by atoms with E-state index in [4.69, 9.17) is 40.2 Å². The van der Waals surface area contributed by atoms with Crippen LogP contribution in [0.4, 0.5) is 0 Å². The van der Waals surface area contributed by atoms with Crippen molar-refractivity contribution in [3.8, 4) is 11.5 Å². The number of carboxylic acid groups (broad SMARTS) is 1. The van der Waals surface area contributed by atoms with Gasteiger partial charge in [0.15, 0.2) is 6.61 Å². The number of rotatable bonds is 9. The number of Topliss-reactive ketones (excluding diaryl/α,β-unsaturated/α-hetero) is 1. The molecule has 4 rings (SSSR count). The summed E-state index contributed by atoms with van der Waals surface area (Å²) < 4.78 is 5.71. The standard InChI is InChI=1S/C27H19Cl2NO6S2/c28-17-5-10-20(21(29)13-17)23(32)14-36-19-8-3-16(4-9-19)12-24-25(33)30(27(37)38-24)22(26(34)35)11-15-1-6-18(31)7-2-15/h1-10,12-13,22,31H,11,14H2,(H,34,35)/b24-12-/t22-/m0/s1. The van der Waals surface area contributed by atoms with E-state index in [0.29, 0.717) is 27.5 Å². The zero-order chi connectivity index (χ0) is 27.4. The number of thiocarbonyl (C=S) groups is 1. The van der Waals surface area contributed by atoms with Crippen molar-refractivity contribution in [2.75, 3.05) is 6.61 Å². The molecule has 1 aliphatic rings. The summed E-state index contributed by atoms with van der Waals surface area (Å²) in [6, 6.07) is 16.2. The quantitative estimate of drug-likeness (QED) is 0.182. The third-order valence-corrected chi connectivity index (χ3v) is 7.44. The number of carbonyl (C=O) groups excluding carboxylic acids is 2. The number of aliphatic carboxylic acids is 1. The van der Waals surface area contributed by atoms with Crippen LogP contribution < -0.4 is 4.74 Å². The molecule has 1 saturated heterocycles. The van der Waals surface area contributed by atoms with Crippen LogP contribution in [-0.4, -0.2) is 49.7 Å². The van der Waals surface area contributed by atoms with Gasteiger partial charge in [-0.15, -0.1) is 0 Å². The molecule has 0 aliphatic carbocycles. The van der Waals surface area contributed by atoms with Crippen LogP contribution in [0.25, 0.3) is 6.08 Å². The smallest absolute Gasteiger partial charge is 0.327 e. The Balaban J connectivity index is 1.42. The van der Waals surface area contributed by atoms with Gasteiger partial charge in [-0.1, -0.05) is 71.4 Å². The predicted octanol–water partition coefficient (Wildman–Crippen LogP) is 5.86. The minimum Gasteiger partial charge on any atom is -0.508 e. The average molecular weight is 588 g/mol. The van der Waals surface area contributed by atoms with Crippen molar-refractivity contribution in [2.45, 2.75) is 12.5 Å². The largest absolute Gasteiger partial charge is 0.508 e. The van der Waals surface area contributed by atoms with Gasteiger partial charge in [-0.05, 0) is 59.7 Å². The molecule has 11 heteroatoms. The molecular weight excluding hydrogens is 569 g/mol. The number of hydrogen-bond donors (Lipinski definition) is 2. The van der Waals surface area contributed by atoms with Crippen molar-refractivity contribution in [3.63, 3.8) is 0 Å². The van der Waals surface area contributed by atoms with E-state index in [1.807, 2.05) is 0 Å². The molecule has 194 valence electrons. The number of phenols is 1. The van der Waals surface area contributed by atoms with Crippen LogP contribution >= 0.6 is 47.2 Å². The topological polar surface area (TPSA) is 104 Å². The summed E-state index contributed by atoms with van der Waals surface area (Å²) in [6.07, 6.45) is 1.64. The number of hydrogen-bond acceptors (Lipinski definition) is 7. The normalized spacial score (nSPS) is 15.1. The summed E-state index contributed by atoms with van der Waals surface area (Å²) in [5, 5.41) is 19.9. The van der Waals surface area contributed by atoms with E-state index in [0.717, 1.165) is 16.7 Å². The number of amides is 1. The Morgan fingerprint density at radius 3 is 2.37 bits per heavy atom. The molecule has 3 aromatic carbocycles. The van der Waals surface area contributed by atoms with Crippen LogP contribution in [0, 0.1) is 0 Å². The summed E-state index contributed by atoms with van der Waals surface area (Å²) in [5.74, 6) is -1.50. The highest BCUT2D eigenvalue weighted by atomic mass is 35.5. The maximum absolute atomic E-state index is 13.1. The number of carbonyl (C=O) groups is 3. The van der Waals surface area contributed by atoms with Crippen molar-refractivity contribution in [3.05, 3.63) is 98.4 Å². The Morgan fingerprint density at radius 2 is 1.74 bits per heavy atom. The molecule has 1 amide bonds. The number of nitrogens with zero attached hydrogens (tertiary/aromatic N) is 1. The molecule has 7 nitrogen and oxygen atoms in total. The molecule has 0 bridgehead atoms. The van der Waals surface area contributed by atoms with Crippen LogP contribution in [0.3, 0.4) is 0 Å². The zero-order valence-electron chi connectivity index (χ0n) is 19.5. The number of benzene rings is 3. The first kappa shape index (κ1) is 27.7. The van der Waals surface area contributed by atoms with Crippen molar-refractivity contribution in [2.24, 2.45) is 0 Å². The van der Waals surface area contributed by atoms with Gasteiger partial charge in [0.2, 0.25) is 5.78 Å². The molecule has 1 aliphatic heterocycles. The molecule has 0 spiro atoms. The first-order valence-corrected chi connectivity index (χ1v) is 13.1. The summed E-state index contributed by atoms with van der Waals surface area (Å²) >= 11 is 18.3. The number of phenolic OH excluding ortho intramolecular Hbond substituents is 1. The molecule has 1 atom stereocenters. The third-order valence-electron chi connectivity index (χ3n) is 5.57.